The molecule has 0 saturated heterocycles. The summed E-state index contributed by atoms with van der Waals surface area (Å²) < 4.78 is 20.1. The molecule has 0 radical (unpaired) electrons. The first-order valence-electron chi connectivity index (χ1n) is 12.8. The lowest BCUT2D eigenvalue weighted by Gasteiger charge is -2.20. The van der Waals surface area contributed by atoms with Crippen LogP contribution in [0.5, 0.6) is 0 Å². The highest BCUT2D eigenvalue weighted by molar-refractivity contribution is 6.28. The Morgan fingerprint density at radius 1 is 0.778 bits per heavy atom. The Hall–Kier alpha value is -3.72. The fourth-order valence-corrected chi connectivity index (χ4v) is 6.63. The molecule has 0 saturated carbocycles. The number of pyridine rings is 2. The van der Waals surface area contributed by atoms with Crippen LogP contribution in [-0.2, 0) is 13.5 Å². The Bertz CT molecular complexity index is 2040. The van der Waals surface area contributed by atoms with Gasteiger partial charge < -0.3 is 4.40 Å². The molecule has 3 aromatic heterocycles. The molecule has 36 heavy (non-hydrogen) atoms. The number of hydrogen-bond donors (Lipinski definition) is 0. The zero-order valence-electron chi connectivity index (χ0n) is 21.8. The number of benzene rings is 4. The van der Waals surface area contributed by atoms with E-state index in [1.165, 1.54) is 49.1 Å². The van der Waals surface area contributed by atoms with Gasteiger partial charge in [-0.05, 0) is 64.6 Å². The number of aromatic nitrogens is 2. The van der Waals surface area contributed by atoms with E-state index < -0.39 is 0 Å². The van der Waals surface area contributed by atoms with Gasteiger partial charge in [-0.1, -0.05) is 63.2 Å². The average Bonchev–Trinajstić information content (AvgIpc) is 3.17. The van der Waals surface area contributed by atoms with E-state index in [1.807, 2.05) is 6.07 Å². The predicted octanol–water partition coefficient (Wildman–Crippen LogP) is 8.31. The van der Waals surface area contributed by atoms with Crippen molar-refractivity contribution >= 4 is 59.8 Å². The van der Waals surface area contributed by atoms with E-state index in [0.717, 1.165) is 28.2 Å². The van der Waals surface area contributed by atoms with Gasteiger partial charge in [-0.2, -0.15) is 0 Å². The van der Waals surface area contributed by atoms with Crippen molar-refractivity contribution in [2.24, 2.45) is 12.5 Å². The molecule has 0 N–H and O–H groups in total. The zero-order chi connectivity index (χ0) is 25.1. The summed E-state index contributed by atoms with van der Waals surface area (Å²) >= 11 is 0. The van der Waals surface area contributed by atoms with Crippen molar-refractivity contribution in [3.63, 3.8) is 0 Å². The highest BCUT2D eigenvalue weighted by atomic mass is 19.1. The van der Waals surface area contributed by atoms with Crippen LogP contribution in [0.25, 0.3) is 59.8 Å². The van der Waals surface area contributed by atoms with Gasteiger partial charge >= 0.3 is 0 Å². The maximum absolute atomic E-state index is 15.6. The Balaban J connectivity index is 1.83. The van der Waals surface area contributed by atoms with Crippen LogP contribution in [0, 0.1) is 25.1 Å². The van der Waals surface area contributed by atoms with Crippen LogP contribution in [0.15, 0.2) is 60.8 Å². The Labute approximate surface area is 209 Å². The molecule has 0 aliphatic carbocycles. The molecule has 7 rings (SSSR count). The molecule has 7 aromatic rings. The lowest BCUT2D eigenvalue weighted by atomic mass is 9.86. The van der Waals surface area contributed by atoms with Gasteiger partial charge in [0, 0.05) is 16.8 Å². The molecule has 0 unspecified atom stereocenters. The van der Waals surface area contributed by atoms with Gasteiger partial charge in [0.1, 0.15) is 12.9 Å². The standard InChI is InChI=1S/C33H30FN2/c1-18-25-16-20(17-33(3,4)5)10-12-22(25)19(2)29-27(18)32-28-21(14-15-35(32)6)11-13-24-23-8-7-9-26(34)30(23)36(29)31(24)28/h7-16H,17H2,1-6H3/q+1. The molecule has 2 nitrogen and oxygen atoms in total. The van der Waals surface area contributed by atoms with Crippen LogP contribution in [0.1, 0.15) is 37.5 Å². The molecule has 3 heteroatoms. The van der Waals surface area contributed by atoms with Gasteiger partial charge in [-0.15, -0.1) is 0 Å². The van der Waals surface area contributed by atoms with Crippen molar-refractivity contribution in [2.45, 2.75) is 41.0 Å². The number of aryl methyl sites for hydroxylation is 3. The summed E-state index contributed by atoms with van der Waals surface area (Å²) in [4.78, 5) is 0. The number of hydrogen-bond acceptors (Lipinski definition) is 0. The summed E-state index contributed by atoms with van der Waals surface area (Å²) in [6.07, 6.45) is 3.18. The number of rotatable bonds is 1. The second-order valence-corrected chi connectivity index (χ2v) is 11.8. The van der Waals surface area contributed by atoms with Gasteiger partial charge in [0.2, 0.25) is 5.52 Å². The van der Waals surface area contributed by atoms with Crippen LogP contribution in [0.2, 0.25) is 0 Å². The minimum Gasteiger partial charge on any atom is -0.304 e. The quantitative estimate of drug-likeness (QED) is 0.129. The molecular weight excluding hydrogens is 443 g/mol. The first-order valence-corrected chi connectivity index (χ1v) is 12.8. The fourth-order valence-electron chi connectivity index (χ4n) is 6.63. The van der Waals surface area contributed by atoms with E-state index in [2.05, 4.69) is 99.3 Å². The first kappa shape index (κ1) is 21.6. The molecule has 0 amide bonds. The lowest BCUT2D eigenvalue weighted by molar-refractivity contribution is -0.643. The van der Waals surface area contributed by atoms with Gasteiger partial charge in [0.05, 0.1) is 27.3 Å². The lowest BCUT2D eigenvalue weighted by Crippen LogP contribution is -2.29. The molecule has 0 aliphatic rings. The van der Waals surface area contributed by atoms with E-state index >= 15 is 4.39 Å². The fraction of sp³-hybridized carbons (Fsp3) is 0.242. The van der Waals surface area contributed by atoms with Gasteiger partial charge in [0.25, 0.3) is 0 Å². The third-order valence-corrected chi connectivity index (χ3v) is 8.06. The molecule has 0 bridgehead atoms. The molecule has 0 atom stereocenters. The summed E-state index contributed by atoms with van der Waals surface area (Å²) in [5.74, 6) is -0.177. The third kappa shape index (κ3) is 2.69. The van der Waals surface area contributed by atoms with Gasteiger partial charge in [-0.3, -0.25) is 0 Å². The van der Waals surface area contributed by atoms with E-state index in [0.29, 0.717) is 5.52 Å². The smallest absolute Gasteiger partial charge is 0.224 e. The molecule has 4 aromatic carbocycles. The van der Waals surface area contributed by atoms with Crippen LogP contribution in [0.4, 0.5) is 4.39 Å². The largest absolute Gasteiger partial charge is 0.304 e. The first-order chi connectivity index (χ1) is 17.2. The van der Waals surface area contributed by atoms with Crippen LogP contribution in [-0.4, -0.2) is 4.40 Å². The summed E-state index contributed by atoms with van der Waals surface area (Å²) in [5, 5.41) is 8.20. The van der Waals surface area contributed by atoms with Crippen LogP contribution in [0.3, 0.4) is 0 Å². The Morgan fingerprint density at radius 3 is 2.31 bits per heavy atom. The van der Waals surface area contributed by atoms with Crippen molar-refractivity contribution in [1.82, 2.24) is 4.40 Å². The maximum atomic E-state index is 15.6. The number of para-hydroxylation sites is 1. The van der Waals surface area contributed by atoms with E-state index in [9.17, 15) is 0 Å². The zero-order valence-corrected chi connectivity index (χ0v) is 21.8. The van der Waals surface area contributed by atoms with Gasteiger partial charge in [-0.25, -0.2) is 8.96 Å². The monoisotopic (exact) mass is 473 g/mol. The molecule has 0 spiro atoms. The third-order valence-electron chi connectivity index (χ3n) is 8.06. The van der Waals surface area contributed by atoms with Crippen molar-refractivity contribution in [3.8, 4) is 0 Å². The minimum atomic E-state index is -0.177. The van der Waals surface area contributed by atoms with Crippen LogP contribution >= 0.6 is 0 Å². The molecule has 0 fully saturated rings. The SMILES string of the molecule is Cc1c2cc(CC(C)(C)C)ccc2c(C)c2c1c1c3c(ccc4c5cccc(F)c5n2c43)cc[n+]1C. The number of fused-ring (bicyclic) bond motifs is 7. The highest BCUT2D eigenvalue weighted by Gasteiger charge is 2.27. The van der Waals surface area contributed by atoms with E-state index in [4.69, 9.17) is 0 Å². The predicted molar refractivity (Wildman–Crippen MR) is 150 cm³/mol. The number of nitrogens with zero attached hydrogens (tertiary/aromatic N) is 2. The van der Waals surface area contributed by atoms with Gasteiger partial charge in [0.15, 0.2) is 6.20 Å². The summed E-state index contributed by atoms with van der Waals surface area (Å²) in [6.45, 7) is 11.3. The topological polar surface area (TPSA) is 8.29 Å². The molecular formula is C33H30FN2+. The van der Waals surface area contributed by atoms with Crippen molar-refractivity contribution in [1.29, 1.82) is 0 Å². The second kappa shape index (κ2) is 6.94. The molecule has 3 heterocycles. The molecule has 178 valence electrons. The Kier molecular flexibility index (Phi) is 4.16. The number of halogens is 1. The van der Waals surface area contributed by atoms with Crippen LogP contribution < -0.4 is 4.57 Å². The van der Waals surface area contributed by atoms with Crippen molar-refractivity contribution in [3.05, 3.63) is 83.3 Å². The summed E-state index contributed by atoms with van der Waals surface area (Å²) in [7, 11) is 2.13. The average molecular weight is 474 g/mol. The molecule has 0 aliphatic heterocycles. The van der Waals surface area contributed by atoms with E-state index in [1.54, 1.807) is 6.07 Å². The summed E-state index contributed by atoms with van der Waals surface area (Å²) in [6, 6.07) is 18.9. The maximum Gasteiger partial charge on any atom is 0.224 e. The second-order valence-electron chi connectivity index (χ2n) is 11.8. The van der Waals surface area contributed by atoms with Crippen molar-refractivity contribution < 1.29 is 8.96 Å². The van der Waals surface area contributed by atoms with Crippen molar-refractivity contribution in [2.75, 3.05) is 0 Å². The highest BCUT2D eigenvalue weighted by Crippen LogP contribution is 2.44. The minimum absolute atomic E-state index is 0.177. The summed E-state index contributed by atoms with van der Waals surface area (Å²) in [5.41, 5.74) is 8.13. The normalized spacial score (nSPS) is 13.0. The van der Waals surface area contributed by atoms with E-state index in [-0.39, 0.29) is 11.2 Å². The Morgan fingerprint density at radius 2 is 1.53 bits per heavy atom.